The van der Waals surface area contributed by atoms with Crippen molar-refractivity contribution in [1.29, 1.82) is 0 Å². The summed E-state index contributed by atoms with van der Waals surface area (Å²) >= 11 is 1.07. The molecule has 0 aliphatic heterocycles. The predicted octanol–water partition coefficient (Wildman–Crippen LogP) is -0.170. The molecular formula is C8H12N4O2S. The Labute approximate surface area is 90.6 Å². The summed E-state index contributed by atoms with van der Waals surface area (Å²) < 4.78 is 0. The van der Waals surface area contributed by atoms with E-state index in [-0.39, 0.29) is 22.0 Å². The van der Waals surface area contributed by atoms with Crippen LogP contribution in [0.2, 0.25) is 0 Å². The van der Waals surface area contributed by atoms with Gasteiger partial charge < -0.3 is 22.1 Å². The molecule has 0 saturated heterocycles. The molecule has 1 aromatic heterocycles. The van der Waals surface area contributed by atoms with Crippen molar-refractivity contribution in [1.82, 2.24) is 5.32 Å². The van der Waals surface area contributed by atoms with Gasteiger partial charge in [0.1, 0.15) is 9.88 Å². The molecule has 0 aliphatic carbocycles. The minimum absolute atomic E-state index is 0.121. The van der Waals surface area contributed by atoms with Gasteiger partial charge in [0.25, 0.3) is 11.8 Å². The zero-order valence-corrected chi connectivity index (χ0v) is 9.20. The third kappa shape index (κ3) is 1.86. The van der Waals surface area contributed by atoms with Crippen molar-refractivity contribution in [2.45, 2.75) is 0 Å². The topological polar surface area (TPSA) is 110 Å². The fourth-order valence-electron chi connectivity index (χ4n) is 1.15. The molecule has 0 spiro atoms. The molecule has 15 heavy (non-hydrogen) atoms. The first-order chi connectivity index (χ1) is 7.02. The van der Waals surface area contributed by atoms with Crippen LogP contribution in [-0.2, 0) is 0 Å². The van der Waals surface area contributed by atoms with Crippen molar-refractivity contribution in [2.75, 3.05) is 25.1 Å². The van der Waals surface area contributed by atoms with E-state index >= 15 is 0 Å². The lowest BCUT2D eigenvalue weighted by Crippen LogP contribution is -2.20. The molecule has 1 rings (SSSR count). The molecule has 0 aliphatic rings. The first-order valence-electron chi connectivity index (χ1n) is 4.14. The number of nitrogens with one attached hydrogen (secondary N) is 2. The smallest absolute Gasteiger partial charge is 0.260 e. The summed E-state index contributed by atoms with van der Waals surface area (Å²) in [5, 5.41) is 5.77. The molecule has 0 bridgehead atoms. The van der Waals surface area contributed by atoms with E-state index in [9.17, 15) is 9.59 Å². The average molecular weight is 228 g/mol. The van der Waals surface area contributed by atoms with Crippen molar-refractivity contribution >= 4 is 33.8 Å². The maximum absolute atomic E-state index is 11.5. The Balaban J connectivity index is 3.36. The highest BCUT2D eigenvalue weighted by atomic mass is 32.1. The number of hydrogen-bond acceptors (Lipinski definition) is 5. The van der Waals surface area contributed by atoms with Crippen LogP contribution in [0.1, 0.15) is 20.0 Å². The van der Waals surface area contributed by atoms with Gasteiger partial charge in [0.15, 0.2) is 0 Å². The van der Waals surface area contributed by atoms with E-state index in [2.05, 4.69) is 10.6 Å². The third-order valence-electron chi connectivity index (χ3n) is 1.85. The third-order valence-corrected chi connectivity index (χ3v) is 3.09. The van der Waals surface area contributed by atoms with E-state index in [4.69, 9.17) is 11.5 Å². The molecule has 6 nitrogen and oxygen atoms in total. The quantitative estimate of drug-likeness (QED) is 0.575. The van der Waals surface area contributed by atoms with Crippen LogP contribution >= 0.6 is 11.3 Å². The Morgan fingerprint density at radius 3 is 2.33 bits per heavy atom. The Kier molecular flexibility index (Phi) is 3.15. The molecule has 0 radical (unpaired) electrons. The molecule has 0 saturated carbocycles. The summed E-state index contributed by atoms with van der Waals surface area (Å²) in [6.45, 7) is 0. The molecule has 6 N–H and O–H groups in total. The Bertz CT molecular complexity index is 413. The van der Waals surface area contributed by atoms with E-state index < -0.39 is 5.91 Å². The highest BCUT2D eigenvalue weighted by molar-refractivity contribution is 7.19. The maximum Gasteiger partial charge on any atom is 0.260 e. The number of primary amides is 1. The van der Waals surface area contributed by atoms with E-state index in [0.29, 0.717) is 5.00 Å². The summed E-state index contributed by atoms with van der Waals surface area (Å²) in [5.41, 5.74) is 11.2. The number of thiophene rings is 1. The van der Waals surface area contributed by atoms with Crippen LogP contribution in [0.4, 0.5) is 10.7 Å². The van der Waals surface area contributed by atoms with Crippen LogP contribution in [0.15, 0.2) is 0 Å². The largest absolute Gasteiger partial charge is 0.397 e. The van der Waals surface area contributed by atoms with E-state index in [1.54, 1.807) is 7.05 Å². The summed E-state index contributed by atoms with van der Waals surface area (Å²) in [6, 6.07) is 0. The van der Waals surface area contributed by atoms with Gasteiger partial charge in [-0.25, -0.2) is 0 Å². The lowest BCUT2D eigenvalue weighted by molar-refractivity contribution is 0.0965. The van der Waals surface area contributed by atoms with Gasteiger partial charge in [-0.1, -0.05) is 0 Å². The number of amides is 2. The van der Waals surface area contributed by atoms with Crippen LogP contribution in [0.5, 0.6) is 0 Å². The van der Waals surface area contributed by atoms with Gasteiger partial charge in [-0.05, 0) is 0 Å². The maximum atomic E-state index is 11.5. The molecule has 1 aromatic rings. The lowest BCUT2D eigenvalue weighted by Gasteiger charge is -2.02. The number of rotatable bonds is 3. The summed E-state index contributed by atoms with van der Waals surface area (Å²) in [7, 11) is 3.13. The van der Waals surface area contributed by atoms with Gasteiger partial charge in [0.05, 0.1) is 11.3 Å². The van der Waals surface area contributed by atoms with Crippen molar-refractivity contribution < 1.29 is 9.59 Å². The van der Waals surface area contributed by atoms with Crippen molar-refractivity contribution in [3.63, 3.8) is 0 Å². The normalized spacial score (nSPS) is 9.73. The monoisotopic (exact) mass is 228 g/mol. The molecule has 0 aromatic carbocycles. The summed E-state index contributed by atoms with van der Waals surface area (Å²) in [4.78, 5) is 22.7. The lowest BCUT2D eigenvalue weighted by atomic mass is 10.2. The second-order valence-electron chi connectivity index (χ2n) is 2.74. The Hall–Kier alpha value is -1.76. The average Bonchev–Trinajstić information content (AvgIpc) is 2.54. The fraction of sp³-hybridized carbons (Fsp3) is 0.250. The number of anilines is 2. The van der Waals surface area contributed by atoms with Crippen LogP contribution in [0.3, 0.4) is 0 Å². The summed E-state index contributed by atoms with van der Waals surface area (Å²) in [6.07, 6.45) is 0. The molecular weight excluding hydrogens is 216 g/mol. The first-order valence-corrected chi connectivity index (χ1v) is 4.96. The second kappa shape index (κ2) is 4.18. The zero-order chi connectivity index (χ0) is 11.6. The predicted molar refractivity (Wildman–Crippen MR) is 60.2 cm³/mol. The highest BCUT2D eigenvalue weighted by Crippen LogP contribution is 2.34. The highest BCUT2D eigenvalue weighted by Gasteiger charge is 2.22. The molecule has 1 heterocycles. The number of carbonyl (C=O) groups is 2. The minimum Gasteiger partial charge on any atom is -0.397 e. The van der Waals surface area contributed by atoms with Crippen LogP contribution in [0.25, 0.3) is 0 Å². The molecule has 7 heteroatoms. The zero-order valence-electron chi connectivity index (χ0n) is 8.38. The second-order valence-corrected chi connectivity index (χ2v) is 3.76. The van der Waals surface area contributed by atoms with Gasteiger partial charge in [-0.2, -0.15) is 0 Å². The van der Waals surface area contributed by atoms with Crippen LogP contribution in [0, 0.1) is 0 Å². The van der Waals surface area contributed by atoms with E-state index in [1.807, 2.05) is 0 Å². The van der Waals surface area contributed by atoms with Crippen molar-refractivity contribution in [3.8, 4) is 0 Å². The van der Waals surface area contributed by atoms with Gasteiger partial charge >= 0.3 is 0 Å². The van der Waals surface area contributed by atoms with Crippen LogP contribution in [-0.4, -0.2) is 25.9 Å². The molecule has 82 valence electrons. The number of carbonyl (C=O) groups excluding carboxylic acids is 2. The molecule has 0 fully saturated rings. The first kappa shape index (κ1) is 11.3. The number of hydrogen-bond donors (Lipinski definition) is 4. The molecule has 0 atom stereocenters. The number of nitrogen functional groups attached to an aromatic ring is 1. The Morgan fingerprint density at radius 2 is 1.93 bits per heavy atom. The fourth-order valence-corrected chi connectivity index (χ4v) is 2.08. The van der Waals surface area contributed by atoms with Crippen LogP contribution < -0.4 is 22.1 Å². The minimum atomic E-state index is -0.635. The van der Waals surface area contributed by atoms with Crippen molar-refractivity contribution in [2.24, 2.45) is 5.73 Å². The molecule has 0 unspecified atom stereocenters. The van der Waals surface area contributed by atoms with Gasteiger partial charge in [-0.15, -0.1) is 11.3 Å². The standard InChI is InChI=1S/C8H12N4O2S/c1-11-7(14)3-4(9)5(6(10)13)15-8(3)12-2/h12H,9H2,1-2H3,(H2,10,13)(H,11,14). The van der Waals surface area contributed by atoms with Gasteiger partial charge in [-0.3, -0.25) is 9.59 Å². The van der Waals surface area contributed by atoms with Gasteiger partial charge in [0.2, 0.25) is 0 Å². The summed E-state index contributed by atoms with van der Waals surface area (Å²) in [5.74, 6) is -0.982. The van der Waals surface area contributed by atoms with E-state index in [1.165, 1.54) is 7.05 Å². The van der Waals surface area contributed by atoms with Crippen molar-refractivity contribution in [3.05, 3.63) is 10.4 Å². The molecule has 2 amide bonds. The number of nitrogens with two attached hydrogens (primary N) is 2. The van der Waals surface area contributed by atoms with E-state index in [0.717, 1.165) is 11.3 Å². The Morgan fingerprint density at radius 1 is 1.33 bits per heavy atom. The SMILES string of the molecule is CNC(=O)c1c(NC)sc(C(N)=O)c1N. The van der Waals surface area contributed by atoms with Gasteiger partial charge in [0, 0.05) is 14.1 Å².